The van der Waals surface area contributed by atoms with E-state index in [1.54, 1.807) is 5.57 Å². The molecule has 2 aliphatic rings. The molecule has 1 fully saturated rings. The number of rotatable bonds is 0. The molecule has 8 heavy (non-hydrogen) atoms. The molecule has 2 heterocycles. The third kappa shape index (κ3) is 0.417. The maximum absolute atomic E-state index is 2.42. The molecule has 2 aliphatic heterocycles. The van der Waals surface area contributed by atoms with Gasteiger partial charge in [-0.15, -0.1) is 0 Å². The van der Waals surface area contributed by atoms with Crippen LogP contribution in [0.1, 0.15) is 13.3 Å². The van der Waals surface area contributed by atoms with Crippen molar-refractivity contribution in [2.24, 2.45) is 5.92 Å². The largest absolute Gasteiger partial charge is 0.377 e. The molecule has 1 saturated heterocycles. The Labute approximate surface area is 50.0 Å². The van der Waals surface area contributed by atoms with Gasteiger partial charge in [0.25, 0.3) is 0 Å². The molecule has 0 radical (unpaired) electrons. The first-order valence-electron chi connectivity index (χ1n) is 3.28. The number of nitrogens with zero attached hydrogens (tertiary/aromatic N) is 1. The zero-order valence-corrected chi connectivity index (χ0v) is 5.22. The molecule has 1 atom stereocenters. The summed E-state index contributed by atoms with van der Waals surface area (Å²) in [7, 11) is 0. The minimum atomic E-state index is 0.926. The average Bonchev–Trinajstić information content (AvgIpc) is 2.23. The Hall–Kier alpha value is -0.460. The molecule has 1 nitrogen and oxygen atoms in total. The highest BCUT2D eigenvalue weighted by Gasteiger charge is 2.27. The molecule has 0 aliphatic carbocycles. The fourth-order valence-electron chi connectivity index (χ4n) is 1.67. The van der Waals surface area contributed by atoms with E-state index in [2.05, 4.69) is 18.0 Å². The molecule has 0 amide bonds. The third-order valence-corrected chi connectivity index (χ3v) is 2.25. The summed E-state index contributed by atoms with van der Waals surface area (Å²) >= 11 is 0. The summed E-state index contributed by atoms with van der Waals surface area (Å²) in [6.45, 7) is 4.86. The molecule has 1 heteroatoms. The zero-order valence-electron chi connectivity index (χ0n) is 5.22. The Morgan fingerprint density at radius 2 is 2.62 bits per heavy atom. The van der Waals surface area contributed by atoms with E-state index in [9.17, 15) is 0 Å². The molecule has 44 valence electrons. The lowest BCUT2D eigenvalue weighted by Crippen LogP contribution is -2.07. The van der Waals surface area contributed by atoms with E-state index in [4.69, 9.17) is 0 Å². The van der Waals surface area contributed by atoms with Crippen molar-refractivity contribution in [1.29, 1.82) is 0 Å². The first kappa shape index (κ1) is 4.42. The molecule has 0 aromatic heterocycles. The van der Waals surface area contributed by atoms with Crippen LogP contribution < -0.4 is 0 Å². The second-order valence-corrected chi connectivity index (χ2v) is 2.85. The molecule has 0 spiro atoms. The highest BCUT2D eigenvalue weighted by atomic mass is 15.1. The minimum Gasteiger partial charge on any atom is -0.377 e. The van der Waals surface area contributed by atoms with Gasteiger partial charge in [-0.05, 0) is 19.5 Å². The average molecular weight is 109 g/mol. The fourth-order valence-corrected chi connectivity index (χ4v) is 1.67. The van der Waals surface area contributed by atoms with Gasteiger partial charge < -0.3 is 4.90 Å². The quantitative estimate of drug-likeness (QED) is 0.452. The third-order valence-electron chi connectivity index (χ3n) is 2.25. The van der Waals surface area contributed by atoms with Crippen molar-refractivity contribution in [3.8, 4) is 0 Å². The summed E-state index contributed by atoms with van der Waals surface area (Å²) in [5.41, 5.74) is 1.59. The molecular weight excluding hydrogens is 98.1 g/mol. The SMILES string of the molecule is CC1=CN2CCC1C2. The molecule has 2 rings (SSSR count). The fraction of sp³-hybridized carbons (Fsp3) is 0.714. The van der Waals surface area contributed by atoms with Crippen molar-refractivity contribution >= 4 is 0 Å². The highest BCUT2D eigenvalue weighted by Crippen LogP contribution is 2.30. The van der Waals surface area contributed by atoms with Crippen LogP contribution in [0.2, 0.25) is 0 Å². The Morgan fingerprint density at radius 3 is 2.88 bits per heavy atom. The monoisotopic (exact) mass is 109 g/mol. The van der Waals surface area contributed by atoms with E-state index in [1.165, 1.54) is 19.5 Å². The van der Waals surface area contributed by atoms with Crippen LogP contribution in [0.4, 0.5) is 0 Å². The van der Waals surface area contributed by atoms with E-state index < -0.39 is 0 Å². The van der Waals surface area contributed by atoms with E-state index >= 15 is 0 Å². The van der Waals surface area contributed by atoms with Gasteiger partial charge in [-0.2, -0.15) is 0 Å². The molecule has 0 N–H and O–H groups in total. The second-order valence-electron chi connectivity index (χ2n) is 2.85. The van der Waals surface area contributed by atoms with Crippen LogP contribution in [-0.4, -0.2) is 18.0 Å². The van der Waals surface area contributed by atoms with Gasteiger partial charge in [0, 0.05) is 19.0 Å². The van der Waals surface area contributed by atoms with Gasteiger partial charge in [-0.3, -0.25) is 0 Å². The topological polar surface area (TPSA) is 3.24 Å². The minimum absolute atomic E-state index is 0.926. The lowest BCUT2D eigenvalue weighted by molar-refractivity contribution is 0.478. The van der Waals surface area contributed by atoms with E-state index in [0.29, 0.717) is 0 Å². The molecular formula is C7H11N. The van der Waals surface area contributed by atoms with Gasteiger partial charge in [0.2, 0.25) is 0 Å². The Kier molecular flexibility index (Phi) is 0.706. The van der Waals surface area contributed by atoms with Crippen molar-refractivity contribution in [3.05, 3.63) is 11.8 Å². The second kappa shape index (κ2) is 1.28. The molecule has 0 saturated carbocycles. The highest BCUT2D eigenvalue weighted by molar-refractivity contribution is 5.14. The summed E-state index contributed by atoms with van der Waals surface area (Å²) in [6, 6.07) is 0. The number of hydrogen-bond donors (Lipinski definition) is 0. The summed E-state index contributed by atoms with van der Waals surface area (Å²) in [6.07, 6.45) is 3.70. The number of hydrogen-bond acceptors (Lipinski definition) is 1. The standard InChI is InChI=1S/C7H11N/c1-6-4-8-3-2-7(6)5-8/h4,7H,2-3,5H2,1H3. The molecule has 1 unspecified atom stereocenters. The van der Waals surface area contributed by atoms with Gasteiger partial charge in [-0.25, -0.2) is 0 Å². The maximum Gasteiger partial charge on any atom is 0.0239 e. The van der Waals surface area contributed by atoms with Crippen molar-refractivity contribution in [2.45, 2.75) is 13.3 Å². The zero-order chi connectivity index (χ0) is 5.56. The summed E-state index contributed by atoms with van der Waals surface area (Å²) in [5, 5.41) is 0. The predicted molar refractivity (Wildman–Crippen MR) is 33.4 cm³/mol. The summed E-state index contributed by atoms with van der Waals surface area (Å²) in [5.74, 6) is 0.926. The van der Waals surface area contributed by atoms with Gasteiger partial charge in [0.1, 0.15) is 0 Å². The number of fused-ring (bicyclic) bond motifs is 2. The van der Waals surface area contributed by atoms with Gasteiger partial charge in [0.15, 0.2) is 0 Å². The van der Waals surface area contributed by atoms with Crippen LogP contribution in [0.25, 0.3) is 0 Å². The Bertz CT molecular complexity index is 137. The maximum atomic E-state index is 2.42. The van der Waals surface area contributed by atoms with E-state index in [-0.39, 0.29) is 0 Å². The first-order chi connectivity index (χ1) is 3.86. The van der Waals surface area contributed by atoms with Gasteiger partial charge >= 0.3 is 0 Å². The van der Waals surface area contributed by atoms with Crippen LogP contribution in [-0.2, 0) is 0 Å². The lowest BCUT2D eigenvalue weighted by Gasteiger charge is -2.08. The van der Waals surface area contributed by atoms with E-state index in [0.717, 1.165) is 5.92 Å². The molecule has 2 bridgehead atoms. The smallest absolute Gasteiger partial charge is 0.0239 e. The molecule has 0 aromatic rings. The van der Waals surface area contributed by atoms with Crippen LogP contribution in [0.15, 0.2) is 11.8 Å². The van der Waals surface area contributed by atoms with Gasteiger partial charge in [-0.1, -0.05) is 5.57 Å². The van der Waals surface area contributed by atoms with Crippen molar-refractivity contribution in [1.82, 2.24) is 4.90 Å². The van der Waals surface area contributed by atoms with Crippen molar-refractivity contribution in [2.75, 3.05) is 13.1 Å². The van der Waals surface area contributed by atoms with Crippen molar-refractivity contribution < 1.29 is 0 Å². The van der Waals surface area contributed by atoms with Crippen LogP contribution in [0.3, 0.4) is 0 Å². The first-order valence-corrected chi connectivity index (χ1v) is 3.28. The van der Waals surface area contributed by atoms with Crippen LogP contribution in [0, 0.1) is 5.92 Å². The Morgan fingerprint density at radius 1 is 1.75 bits per heavy atom. The predicted octanol–water partition coefficient (Wildman–Crippen LogP) is 1.23. The van der Waals surface area contributed by atoms with Crippen LogP contribution >= 0.6 is 0 Å². The van der Waals surface area contributed by atoms with Crippen molar-refractivity contribution in [3.63, 3.8) is 0 Å². The van der Waals surface area contributed by atoms with E-state index in [1.807, 2.05) is 0 Å². The molecule has 0 aromatic carbocycles. The summed E-state index contributed by atoms with van der Waals surface area (Å²) in [4.78, 5) is 2.42. The normalized spacial score (nSPS) is 33.9. The summed E-state index contributed by atoms with van der Waals surface area (Å²) < 4.78 is 0. The lowest BCUT2D eigenvalue weighted by atomic mass is 10.0. The Balaban J connectivity index is 2.29. The van der Waals surface area contributed by atoms with Crippen LogP contribution in [0.5, 0.6) is 0 Å². The van der Waals surface area contributed by atoms with Gasteiger partial charge in [0.05, 0.1) is 0 Å².